The topological polar surface area (TPSA) is 167 Å². The van der Waals surface area contributed by atoms with E-state index in [9.17, 15) is 19.8 Å². The number of ether oxygens (including phenoxy) is 4. The molecule has 1 fully saturated rings. The fourth-order valence-electron chi connectivity index (χ4n) is 1.99. The van der Waals surface area contributed by atoms with Gasteiger partial charge in [0.1, 0.15) is 12.2 Å². The van der Waals surface area contributed by atoms with E-state index in [2.05, 4.69) is 11.5 Å². The minimum absolute atomic E-state index is 0. The molecular weight excluding hydrogens is 383 g/mol. The molecule has 1 rings (SSSR count). The Kier molecular flexibility index (Phi) is 12.5. The number of aliphatic hydroxyl groups is 2. The predicted molar refractivity (Wildman–Crippen MR) is 73.2 cm³/mol. The summed E-state index contributed by atoms with van der Waals surface area (Å²) in [6.07, 6.45) is -6.02. The van der Waals surface area contributed by atoms with Crippen molar-refractivity contribution in [2.24, 2.45) is 0 Å². The van der Waals surface area contributed by atoms with Crippen molar-refractivity contribution in [1.82, 2.24) is 0 Å². The maximum absolute atomic E-state index is 11.8. The monoisotopic (exact) mass is 408 g/mol. The van der Waals surface area contributed by atoms with Gasteiger partial charge in [-0.15, -0.1) is 0 Å². The first-order valence-corrected chi connectivity index (χ1v) is 7.27. The average Bonchev–Trinajstić information content (AvgIpc) is 2.50. The third kappa shape index (κ3) is 6.83. The van der Waals surface area contributed by atoms with Crippen molar-refractivity contribution in [3.8, 4) is 0 Å². The van der Waals surface area contributed by atoms with E-state index in [4.69, 9.17) is 18.9 Å². The predicted octanol–water partition coefficient (Wildman–Crippen LogP) is -10.2. The van der Waals surface area contributed by atoms with Gasteiger partial charge < -0.3 is 65.4 Å². The molecule has 0 saturated carbocycles. The summed E-state index contributed by atoms with van der Waals surface area (Å²) in [5.41, 5.74) is 7.08. The van der Waals surface area contributed by atoms with Crippen LogP contribution in [-0.4, -0.2) is 78.7 Å². The summed E-state index contributed by atoms with van der Waals surface area (Å²) in [5.74, 6) is -1.36. The van der Waals surface area contributed by atoms with Crippen LogP contribution < -0.4 is 36.3 Å². The van der Waals surface area contributed by atoms with Gasteiger partial charge in [-0.3, -0.25) is 0 Å². The molecule has 1 aliphatic heterocycles. The number of rotatable bonds is 6. The lowest BCUT2D eigenvalue weighted by molar-refractivity contribution is -0.409. The highest BCUT2D eigenvalue weighted by molar-refractivity contribution is 5.74. The van der Waals surface area contributed by atoms with E-state index < -0.39 is 61.3 Å². The van der Waals surface area contributed by atoms with Gasteiger partial charge in [0.15, 0.2) is 30.6 Å². The van der Waals surface area contributed by atoms with E-state index >= 15 is 0 Å². The lowest BCUT2D eigenvalue weighted by atomic mass is 9.98. The van der Waals surface area contributed by atoms with Crippen LogP contribution >= 0.6 is 0 Å². The zero-order chi connectivity index (χ0) is 17.7. The van der Waals surface area contributed by atoms with Gasteiger partial charge in [-0.05, 0) is 13.8 Å². The normalized spacial score (nSPS) is 30.9. The standard InChI is InChI=1S/C13H24N2O8.2ClH/c1-5(14)11(18)22-9-8(17)7(4-16)21-13(20-3)10(9)23-12(19)6(2)15;;/h5-10,13,16-17H,4,14-15H2,1-3H3;2*1H/t5-,6+,7+,8+,9-,10+,13-;;/m0../s1. The molecule has 0 radical (unpaired) electrons. The van der Waals surface area contributed by atoms with Gasteiger partial charge in [-0.2, -0.15) is 0 Å². The van der Waals surface area contributed by atoms with Crippen LogP contribution in [-0.2, 0) is 28.5 Å². The van der Waals surface area contributed by atoms with Crippen LogP contribution in [0.15, 0.2) is 0 Å². The largest absolute Gasteiger partial charge is 1.00 e. The number of hydrogen-bond donors (Lipinski definition) is 4. The molecule has 0 unspecified atom stereocenters. The molecule has 1 saturated heterocycles. The van der Waals surface area contributed by atoms with Gasteiger partial charge >= 0.3 is 11.9 Å². The number of carbonyl (C=O) groups excluding carboxylic acids is 2. The third-order valence-electron chi connectivity index (χ3n) is 3.34. The number of halogens is 2. The lowest BCUT2D eigenvalue weighted by Crippen LogP contribution is -3.00. The molecule has 25 heavy (non-hydrogen) atoms. The molecule has 0 aromatic carbocycles. The van der Waals surface area contributed by atoms with Gasteiger partial charge in [-0.25, -0.2) is 9.59 Å². The first-order chi connectivity index (χ1) is 10.7. The number of quaternary nitrogens is 2. The molecule has 0 amide bonds. The molecule has 0 aromatic heterocycles. The third-order valence-corrected chi connectivity index (χ3v) is 3.34. The van der Waals surface area contributed by atoms with E-state index in [-0.39, 0.29) is 24.8 Å². The second-order valence-corrected chi connectivity index (χ2v) is 5.56. The Labute approximate surface area is 157 Å². The minimum Gasteiger partial charge on any atom is -1.00 e. The Morgan fingerprint density at radius 3 is 1.88 bits per heavy atom. The molecular formula is C13H26Cl2N2O8. The molecule has 1 aliphatic rings. The highest BCUT2D eigenvalue weighted by Crippen LogP contribution is 2.27. The molecule has 150 valence electrons. The summed E-state index contributed by atoms with van der Waals surface area (Å²) in [6, 6.07) is -1.37. The van der Waals surface area contributed by atoms with Gasteiger partial charge in [0.2, 0.25) is 0 Å². The second-order valence-electron chi connectivity index (χ2n) is 5.56. The molecule has 0 bridgehead atoms. The maximum atomic E-state index is 11.8. The van der Waals surface area contributed by atoms with Crippen molar-refractivity contribution >= 4 is 11.9 Å². The Hall–Kier alpha value is -0.720. The van der Waals surface area contributed by atoms with Crippen molar-refractivity contribution in [2.45, 2.75) is 56.6 Å². The molecule has 12 heteroatoms. The first kappa shape index (κ1) is 26.5. The first-order valence-electron chi connectivity index (χ1n) is 7.27. The molecule has 10 nitrogen and oxygen atoms in total. The average molecular weight is 409 g/mol. The van der Waals surface area contributed by atoms with Crippen molar-refractivity contribution in [1.29, 1.82) is 0 Å². The lowest BCUT2D eigenvalue weighted by Gasteiger charge is -2.42. The summed E-state index contributed by atoms with van der Waals surface area (Å²) in [4.78, 5) is 23.6. The summed E-state index contributed by atoms with van der Waals surface area (Å²) in [6.45, 7) is 2.52. The Morgan fingerprint density at radius 2 is 1.52 bits per heavy atom. The fraction of sp³-hybridized carbons (Fsp3) is 0.846. The smallest absolute Gasteiger partial charge is 0.365 e. The van der Waals surface area contributed by atoms with E-state index in [0.717, 1.165) is 0 Å². The van der Waals surface area contributed by atoms with Crippen molar-refractivity contribution < 1.29 is 75.0 Å². The Morgan fingerprint density at radius 1 is 1.08 bits per heavy atom. The quantitative estimate of drug-likeness (QED) is 0.314. The highest BCUT2D eigenvalue weighted by Gasteiger charge is 2.50. The molecule has 1 heterocycles. The van der Waals surface area contributed by atoms with E-state index in [0.29, 0.717) is 0 Å². The SMILES string of the molecule is CO[C@H]1O[C@H](CO)[C@@H](O)[C@H](OC(=O)[C@H](C)[NH3+])[C@H]1OC(=O)[C@@H](C)[NH3+].[Cl-].[Cl-]. The van der Waals surface area contributed by atoms with Crippen LogP contribution in [0, 0.1) is 0 Å². The number of esters is 2. The summed E-state index contributed by atoms with van der Waals surface area (Å²) >= 11 is 0. The van der Waals surface area contributed by atoms with Crippen molar-refractivity contribution in [2.75, 3.05) is 13.7 Å². The fourth-order valence-corrected chi connectivity index (χ4v) is 1.99. The zero-order valence-corrected chi connectivity index (χ0v) is 15.8. The zero-order valence-electron chi connectivity index (χ0n) is 14.3. The molecule has 0 aliphatic carbocycles. The molecule has 8 N–H and O–H groups in total. The van der Waals surface area contributed by atoms with Gasteiger partial charge in [-0.1, -0.05) is 0 Å². The van der Waals surface area contributed by atoms with E-state index in [1.807, 2.05) is 0 Å². The van der Waals surface area contributed by atoms with Crippen molar-refractivity contribution in [3.05, 3.63) is 0 Å². The van der Waals surface area contributed by atoms with Crippen LogP contribution in [0.2, 0.25) is 0 Å². The molecule has 0 spiro atoms. The van der Waals surface area contributed by atoms with Crippen LogP contribution in [0.5, 0.6) is 0 Å². The summed E-state index contributed by atoms with van der Waals surface area (Å²) in [5, 5.41) is 19.5. The number of aliphatic hydroxyl groups excluding tert-OH is 2. The summed E-state index contributed by atoms with van der Waals surface area (Å²) in [7, 11) is 1.30. The molecule has 7 atom stereocenters. The van der Waals surface area contributed by atoms with Gasteiger partial charge in [0, 0.05) is 7.11 Å². The molecule has 0 aromatic rings. The summed E-state index contributed by atoms with van der Waals surface area (Å²) < 4.78 is 20.8. The Bertz CT molecular complexity index is 427. The highest BCUT2D eigenvalue weighted by atomic mass is 35.5. The van der Waals surface area contributed by atoms with Gasteiger partial charge in [0.25, 0.3) is 0 Å². The van der Waals surface area contributed by atoms with Gasteiger partial charge in [0.05, 0.1) is 6.61 Å². The van der Waals surface area contributed by atoms with Crippen LogP contribution in [0.25, 0.3) is 0 Å². The minimum atomic E-state index is -1.40. The maximum Gasteiger partial charge on any atom is 0.365 e. The number of hydrogen-bond acceptors (Lipinski definition) is 8. The van der Waals surface area contributed by atoms with Crippen LogP contribution in [0.1, 0.15) is 13.8 Å². The number of methoxy groups -OCH3 is 1. The van der Waals surface area contributed by atoms with E-state index in [1.54, 1.807) is 0 Å². The second kappa shape index (κ2) is 11.8. The Balaban J connectivity index is 0. The van der Waals surface area contributed by atoms with Crippen LogP contribution in [0.4, 0.5) is 0 Å². The number of carbonyl (C=O) groups is 2. The van der Waals surface area contributed by atoms with Crippen LogP contribution in [0.3, 0.4) is 0 Å². The van der Waals surface area contributed by atoms with E-state index in [1.165, 1.54) is 21.0 Å². The van der Waals surface area contributed by atoms with Crippen molar-refractivity contribution in [3.63, 3.8) is 0 Å².